The molecule has 0 radical (unpaired) electrons. The summed E-state index contributed by atoms with van der Waals surface area (Å²) in [4.78, 5) is 0. The fourth-order valence-corrected chi connectivity index (χ4v) is 6.36. The number of fused-ring (bicyclic) bond motifs is 2. The van der Waals surface area contributed by atoms with Crippen LogP contribution < -0.4 is 9.47 Å². The number of hydrogen-bond acceptors (Lipinski definition) is 2. The maximum absolute atomic E-state index is 14.6. The second kappa shape index (κ2) is 16.0. The average molecular weight is 697 g/mol. The highest BCUT2D eigenvalue weighted by Crippen LogP contribution is 2.37. The van der Waals surface area contributed by atoms with Gasteiger partial charge in [-0.25, -0.2) is 17.6 Å². The Labute approximate surface area is 288 Å². The second-order valence-electron chi connectivity index (χ2n) is 12.5. The molecule has 2 aliphatic rings. The number of ether oxygens (including phenoxy) is 2. The molecule has 6 rings (SSSR count). The number of hydrogen-bond donors (Lipinski definition) is 0. The van der Waals surface area contributed by atoms with Crippen LogP contribution in [0.5, 0.6) is 11.5 Å². The summed E-state index contributed by atoms with van der Waals surface area (Å²) < 4.78 is 103. The molecule has 0 bridgehead atoms. The van der Waals surface area contributed by atoms with Crippen LogP contribution in [0.2, 0.25) is 0 Å². The lowest BCUT2D eigenvalue weighted by molar-refractivity contribution is -0.275. The predicted octanol–water partition coefficient (Wildman–Crippen LogP) is 12.1. The van der Waals surface area contributed by atoms with Crippen LogP contribution >= 0.6 is 0 Å². The third-order valence-corrected chi connectivity index (χ3v) is 9.06. The van der Waals surface area contributed by atoms with E-state index in [0.29, 0.717) is 40.7 Å². The van der Waals surface area contributed by atoms with Gasteiger partial charge in [-0.15, -0.1) is 13.2 Å². The van der Waals surface area contributed by atoms with Crippen molar-refractivity contribution in [2.24, 2.45) is 0 Å². The number of halogens is 7. The Hall–Kier alpha value is -4.53. The fraction of sp³-hybridized carbons (Fsp3) is 0.317. The Morgan fingerprint density at radius 3 is 1.62 bits per heavy atom. The standard InChI is InChI=1S/C22H21F5O.C19H18F2O/c1-2-3-4-5-14-6-9-18(19(23)10-14)16-8-7-15-13-21(28-22(25,26)27)20(24)12-17(15)11-16;1-3-12-4-7-16(17(20)8-12)14-6-5-13-11-19(22-2)18(21)10-15(13)9-14/h6,9-13H,2-5,7-8H2,1H3;4,7-11H,3,5-6H2,1-2H3. The largest absolute Gasteiger partial charge is 0.573 e. The summed E-state index contributed by atoms with van der Waals surface area (Å²) in [5, 5.41) is 0. The van der Waals surface area contributed by atoms with Crippen molar-refractivity contribution in [3.8, 4) is 11.5 Å². The van der Waals surface area contributed by atoms with Crippen LogP contribution in [0, 0.1) is 23.3 Å². The van der Waals surface area contributed by atoms with E-state index in [1.165, 1.54) is 19.2 Å². The van der Waals surface area contributed by atoms with E-state index in [-0.39, 0.29) is 23.2 Å². The number of aryl methyl sites for hydroxylation is 4. The van der Waals surface area contributed by atoms with Gasteiger partial charge in [0.25, 0.3) is 0 Å². The SMILES string of the molecule is CCCCCc1ccc(C2=Cc3cc(F)c(OC(F)(F)F)cc3CC2)c(F)c1.CCc1ccc(C2=Cc3cc(F)c(OC)cc3CC2)c(F)c1. The summed E-state index contributed by atoms with van der Waals surface area (Å²) in [6.07, 6.45) is 5.72. The van der Waals surface area contributed by atoms with Gasteiger partial charge in [-0.3, -0.25) is 0 Å². The molecule has 0 saturated carbocycles. The van der Waals surface area contributed by atoms with E-state index in [4.69, 9.17) is 4.74 Å². The lowest BCUT2D eigenvalue weighted by Crippen LogP contribution is -2.18. The van der Waals surface area contributed by atoms with Crippen LogP contribution in [-0.2, 0) is 25.7 Å². The van der Waals surface area contributed by atoms with Gasteiger partial charge in [-0.2, -0.15) is 0 Å². The third-order valence-electron chi connectivity index (χ3n) is 9.06. The number of allylic oxidation sites excluding steroid dienone is 2. The van der Waals surface area contributed by atoms with Crippen LogP contribution in [-0.4, -0.2) is 13.5 Å². The van der Waals surface area contributed by atoms with Gasteiger partial charge in [0.15, 0.2) is 23.1 Å². The second-order valence-corrected chi connectivity index (χ2v) is 12.5. The van der Waals surface area contributed by atoms with Gasteiger partial charge < -0.3 is 9.47 Å². The Bertz CT molecular complexity index is 1910. The molecule has 0 aliphatic heterocycles. The average Bonchev–Trinajstić information content (AvgIpc) is 3.07. The lowest BCUT2D eigenvalue weighted by atomic mass is 9.88. The van der Waals surface area contributed by atoms with Gasteiger partial charge in [0.2, 0.25) is 0 Å². The first kappa shape index (κ1) is 36.7. The van der Waals surface area contributed by atoms with Gasteiger partial charge in [0.1, 0.15) is 11.6 Å². The molecule has 9 heteroatoms. The van der Waals surface area contributed by atoms with Crippen molar-refractivity contribution < 1.29 is 40.2 Å². The van der Waals surface area contributed by atoms with Gasteiger partial charge >= 0.3 is 6.36 Å². The smallest absolute Gasteiger partial charge is 0.494 e. The van der Waals surface area contributed by atoms with Crippen molar-refractivity contribution in [1.82, 2.24) is 0 Å². The van der Waals surface area contributed by atoms with Crippen molar-refractivity contribution >= 4 is 23.3 Å². The Balaban J connectivity index is 0.000000200. The summed E-state index contributed by atoms with van der Waals surface area (Å²) in [7, 11) is 1.46. The minimum Gasteiger partial charge on any atom is -0.494 e. The molecule has 0 atom stereocenters. The van der Waals surface area contributed by atoms with E-state index in [9.17, 15) is 30.7 Å². The molecular weight excluding hydrogens is 657 g/mol. The molecule has 2 nitrogen and oxygen atoms in total. The predicted molar refractivity (Wildman–Crippen MR) is 184 cm³/mol. The van der Waals surface area contributed by atoms with Crippen LogP contribution in [0.4, 0.5) is 30.7 Å². The van der Waals surface area contributed by atoms with Gasteiger partial charge in [-0.1, -0.05) is 63.1 Å². The molecule has 0 aromatic heterocycles. The molecule has 0 saturated heterocycles. The van der Waals surface area contributed by atoms with Crippen LogP contribution in [0.3, 0.4) is 0 Å². The first-order valence-electron chi connectivity index (χ1n) is 16.8. The number of unbranched alkanes of at least 4 members (excludes halogenated alkanes) is 2. The van der Waals surface area contributed by atoms with E-state index in [1.54, 1.807) is 24.3 Å². The van der Waals surface area contributed by atoms with Crippen molar-refractivity contribution in [1.29, 1.82) is 0 Å². The van der Waals surface area contributed by atoms with E-state index < -0.39 is 17.9 Å². The number of benzene rings is 4. The zero-order valence-electron chi connectivity index (χ0n) is 28.3. The highest BCUT2D eigenvalue weighted by atomic mass is 19.4. The molecule has 0 N–H and O–H groups in total. The highest BCUT2D eigenvalue weighted by molar-refractivity contribution is 5.86. The monoisotopic (exact) mass is 696 g/mol. The van der Waals surface area contributed by atoms with Crippen molar-refractivity contribution in [3.05, 3.63) is 128 Å². The molecule has 4 aromatic carbocycles. The van der Waals surface area contributed by atoms with Crippen molar-refractivity contribution in [2.45, 2.75) is 78.0 Å². The Morgan fingerprint density at radius 2 is 1.12 bits per heavy atom. The summed E-state index contributed by atoms with van der Waals surface area (Å²) in [5.41, 5.74) is 7.42. The van der Waals surface area contributed by atoms with E-state index in [2.05, 4.69) is 11.7 Å². The molecule has 0 heterocycles. The molecule has 0 spiro atoms. The van der Waals surface area contributed by atoms with E-state index in [0.717, 1.165) is 84.9 Å². The minimum absolute atomic E-state index is 0.206. The number of methoxy groups -OCH3 is 1. The normalized spacial score (nSPS) is 13.7. The van der Waals surface area contributed by atoms with Crippen molar-refractivity contribution in [2.75, 3.05) is 7.11 Å². The molecule has 4 aromatic rings. The summed E-state index contributed by atoms with van der Waals surface area (Å²) >= 11 is 0. The first-order chi connectivity index (χ1) is 23.9. The van der Waals surface area contributed by atoms with E-state index >= 15 is 0 Å². The van der Waals surface area contributed by atoms with Crippen LogP contribution in [0.25, 0.3) is 23.3 Å². The molecule has 2 aliphatic carbocycles. The molecule has 264 valence electrons. The topological polar surface area (TPSA) is 18.5 Å². The summed E-state index contributed by atoms with van der Waals surface area (Å²) in [6, 6.07) is 15.8. The molecule has 50 heavy (non-hydrogen) atoms. The highest BCUT2D eigenvalue weighted by Gasteiger charge is 2.33. The number of rotatable bonds is 9. The molecule has 0 amide bonds. The maximum atomic E-state index is 14.6. The maximum Gasteiger partial charge on any atom is 0.573 e. The lowest BCUT2D eigenvalue weighted by Gasteiger charge is -2.19. The van der Waals surface area contributed by atoms with Gasteiger partial charge in [0, 0.05) is 11.1 Å². The third kappa shape index (κ3) is 8.97. The summed E-state index contributed by atoms with van der Waals surface area (Å²) in [6.45, 7) is 4.11. The minimum atomic E-state index is -4.95. The van der Waals surface area contributed by atoms with Crippen LogP contribution in [0.1, 0.15) is 90.5 Å². The molecule has 0 unspecified atom stereocenters. The fourth-order valence-electron chi connectivity index (χ4n) is 6.36. The molecule has 0 fully saturated rings. The van der Waals surface area contributed by atoms with Crippen molar-refractivity contribution in [3.63, 3.8) is 0 Å². The summed E-state index contributed by atoms with van der Waals surface area (Å²) in [5.74, 6) is -2.61. The van der Waals surface area contributed by atoms with Gasteiger partial charge in [0.05, 0.1) is 7.11 Å². The Morgan fingerprint density at radius 1 is 0.600 bits per heavy atom. The zero-order chi connectivity index (χ0) is 36.0. The van der Waals surface area contributed by atoms with Crippen LogP contribution in [0.15, 0.2) is 60.7 Å². The Kier molecular flexibility index (Phi) is 11.8. The quantitative estimate of drug-likeness (QED) is 0.128. The van der Waals surface area contributed by atoms with Gasteiger partial charge in [-0.05, 0) is 126 Å². The number of alkyl halides is 3. The van der Waals surface area contributed by atoms with E-state index in [1.807, 2.05) is 31.2 Å². The molecular formula is C41H39F7O2. The zero-order valence-corrected chi connectivity index (χ0v) is 28.3. The first-order valence-corrected chi connectivity index (χ1v) is 16.8.